The van der Waals surface area contributed by atoms with Crippen LogP contribution in [0.25, 0.3) is 0 Å². The number of ether oxygens (including phenoxy) is 2. The molecule has 40 heavy (non-hydrogen) atoms. The molecule has 0 heterocycles. The molecule has 11 heteroatoms. The molecule has 0 aliphatic heterocycles. The maximum absolute atomic E-state index is 14.1. The van der Waals surface area contributed by atoms with Crippen LogP contribution in [-0.2, 0) is 19.1 Å². The Morgan fingerprint density at radius 1 is 1.05 bits per heavy atom. The highest BCUT2D eigenvalue weighted by Gasteiger charge is 2.39. The summed E-state index contributed by atoms with van der Waals surface area (Å²) in [6.07, 6.45) is -1.18. The number of aromatic hydroxyl groups is 1. The number of nitrogens with two attached hydrogens (primary N) is 1. The molecular formula is C29H40N4O7. The van der Waals surface area contributed by atoms with Gasteiger partial charge in [-0.15, -0.1) is 0 Å². The molecule has 0 aliphatic rings. The van der Waals surface area contributed by atoms with Crippen molar-refractivity contribution in [2.45, 2.75) is 78.1 Å². The Hall–Kier alpha value is -4.28. The first kappa shape index (κ1) is 31.9. The van der Waals surface area contributed by atoms with Crippen LogP contribution < -0.4 is 21.1 Å². The summed E-state index contributed by atoms with van der Waals surface area (Å²) in [5.41, 5.74) is 5.64. The minimum absolute atomic E-state index is 0.122. The van der Waals surface area contributed by atoms with E-state index in [0.29, 0.717) is 17.0 Å². The number of aryl methyl sites for hydroxylation is 1. The number of nitrogens with one attached hydrogen (secondary N) is 2. The van der Waals surface area contributed by atoms with Crippen LogP contribution in [-0.4, -0.2) is 58.6 Å². The number of nitrogens with zero attached hydrogens (tertiary/aromatic N) is 1. The molecule has 0 bridgehead atoms. The monoisotopic (exact) mass is 556 g/mol. The normalized spacial score (nSPS) is 12.7. The summed E-state index contributed by atoms with van der Waals surface area (Å²) in [7, 11) is 1.52. The van der Waals surface area contributed by atoms with Crippen LogP contribution >= 0.6 is 0 Å². The van der Waals surface area contributed by atoms with Gasteiger partial charge in [0.15, 0.2) is 0 Å². The van der Waals surface area contributed by atoms with Crippen LogP contribution in [0.3, 0.4) is 0 Å². The molecule has 218 valence electrons. The van der Waals surface area contributed by atoms with E-state index in [2.05, 4.69) is 10.6 Å². The Labute approximate surface area is 235 Å². The Bertz CT molecular complexity index is 1210. The fourth-order valence-corrected chi connectivity index (χ4v) is 4.06. The van der Waals surface area contributed by atoms with Gasteiger partial charge in [-0.1, -0.05) is 18.2 Å². The Morgan fingerprint density at radius 3 is 2.20 bits per heavy atom. The van der Waals surface area contributed by atoms with Crippen molar-refractivity contribution in [2.24, 2.45) is 5.73 Å². The van der Waals surface area contributed by atoms with Gasteiger partial charge in [0.1, 0.15) is 29.2 Å². The van der Waals surface area contributed by atoms with Gasteiger partial charge in [-0.3, -0.25) is 14.4 Å². The second-order valence-electron chi connectivity index (χ2n) is 10.7. The Morgan fingerprint density at radius 2 is 1.68 bits per heavy atom. The molecule has 2 aromatic rings. The molecule has 2 unspecified atom stereocenters. The van der Waals surface area contributed by atoms with E-state index in [0.717, 1.165) is 0 Å². The number of amides is 4. The van der Waals surface area contributed by atoms with Crippen LogP contribution in [0.4, 0.5) is 10.5 Å². The van der Waals surface area contributed by atoms with Crippen molar-refractivity contribution in [3.63, 3.8) is 0 Å². The average Bonchev–Trinajstić information content (AvgIpc) is 2.85. The first-order chi connectivity index (χ1) is 18.6. The fraction of sp³-hybridized carbons (Fsp3) is 0.448. The lowest BCUT2D eigenvalue weighted by molar-refractivity contribution is -0.143. The number of rotatable bonds is 11. The quantitative estimate of drug-likeness (QED) is 0.327. The molecule has 2 aromatic carbocycles. The standard InChI is InChI=1S/C29H40N4O7/c1-17(2)33(27(37)22(15-16-23(30)34)32-28(38)40-29(4,5)6)24(21-10-8-9-18(3)25(21)35)26(36)31-19-11-13-20(39-7)14-12-19/h8-14,17,22,24,35H,15-16H2,1-7H3,(H2,30,34)(H,31,36)(H,32,38). The number of hydrogen-bond acceptors (Lipinski definition) is 7. The second kappa shape index (κ2) is 13.7. The molecule has 0 spiro atoms. The highest BCUT2D eigenvalue weighted by Crippen LogP contribution is 2.34. The number of phenols is 1. The van der Waals surface area contributed by atoms with Crippen LogP contribution in [0.15, 0.2) is 42.5 Å². The summed E-state index contributed by atoms with van der Waals surface area (Å²) >= 11 is 0. The molecule has 0 aromatic heterocycles. The molecule has 0 saturated heterocycles. The van der Waals surface area contributed by atoms with E-state index in [1.807, 2.05) is 0 Å². The van der Waals surface area contributed by atoms with Gasteiger partial charge in [-0.2, -0.15) is 0 Å². The average molecular weight is 557 g/mol. The number of phenolic OH excluding ortho intramolecular Hbond substituents is 1. The molecule has 0 radical (unpaired) electrons. The van der Waals surface area contributed by atoms with Crippen molar-refractivity contribution in [3.05, 3.63) is 53.6 Å². The second-order valence-corrected chi connectivity index (χ2v) is 10.7. The third kappa shape index (κ3) is 8.89. The number of methoxy groups -OCH3 is 1. The first-order valence-corrected chi connectivity index (χ1v) is 13.0. The smallest absolute Gasteiger partial charge is 0.408 e. The fourth-order valence-electron chi connectivity index (χ4n) is 4.06. The number of hydrogen-bond donors (Lipinski definition) is 4. The number of benzene rings is 2. The summed E-state index contributed by atoms with van der Waals surface area (Å²) in [6.45, 7) is 10.1. The van der Waals surface area contributed by atoms with Gasteiger partial charge < -0.3 is 35.8 Å². The first-order valence-electron chi connectivity index (χ1n) is 13.0. The SMILES string of the molecule is COc1ccc(NC(=O)C(c2cccc(C)c2O)N(C(=O)C(CCC(N)=O)NC(=O)OC(C)(C)C)C(C)C)cc1. The number of anilines is 1. The maximum atomic E-state index is 14.1. The minimum Gasteiger partial charge on any atom is -0.507 e. The van der Waals surface area contributed by atoms with Crippen molar-refractivity contribution < 1.29 is 33.8 Å². The molecule has 11 nitrogen and oxygen atoms in total. The van der Waals surface area contributed by atoms with Crippen LogP contribution in [0.1, 0.15) is 64.6 Å². The minimum atomic E-state index is -1.30. The third-order valence-corrected chi connectivity index (χ3v) is 5.93. The van der Waals surface area contributed by atoms with Gasteiger partial charge in [0, 0.05) is 23.7 Å². The largest absolute Gasteiger partial charge is 0.507 e. The number of alkyl carbamates (subject to hydrolysis) is 1. The summed E-state index contributed by atoms with van der Waals surface area (Å²) in [5.74, 6) is -1.47. The van der Waals surface area contributed by atoms with Crippen LogP contribution in [0.2, 0.25) is 0 Å². The van der Waals surface area contributed by atoms with E-state index in [-0.39, 0.29) is 24.2 Å². The number of para-hydroxylation sites is 1. The molecule has 4 amide bonds. The third-order valence-electron chi connectivity index (χ3n) is 5.93. The van der Waals surface area contributed by atoms with Crippen molar-refractivity contribution in [1.82, 2.24) is 10.2 Å². The lowest BCUT2D eigenvalue weighted by Gasteiger charge is -2.37. The summed E-state index contributed by atoms with van der Waals surface area (Å²) in [6, 6.07) is 8.42. The van der Waals surface area contributed by atoms with Crippen molar-refractivity contribution in [2.75, 3.05) is 12.4 Å². The van der Waals surface area contributed by atoms with E-state index in [9.17, 15) is 24.3 Å². The molecule has 0 fully saturated rings. The number of carbonyl (C=O) groups excluding carboxylic acids is 4. The zero-order chi connectivity index (χ0) is 30.2. The lowest BCUT2D eigenvalue weighted by atomic mass is 9.97. The van der Waals surface area contributed by atoms with Gasteiger partial charge in [-0.25, -0.2) is 4.79 Å². The van der Waals surface area contributed by atoms with Crippen LogP contribution in [0.5, 0.6) is 11.5 Å². The van der Waals surface area contributed by atoms with Crippen molar-refractivity contribution >= 4 is 29.5 Å². The number of primary amides is 1. The topological polar surface area (TPSA) is 160 Å². The summed E-state index contributed by atoms with van der Waals surface area (Å²) in [4.78, 5) is 53.4. The molecule has 0 saturated carbocycles. The van der Waals surface area contributed by atoms with Crippen molar-refractivity contribution in [3.8, 4) is 11.5 Å². The summed E-state index contributed by atoms with van der Waals surface area (Å²) in [5, 5.41) is 16.3. The zero-order valence-corrected chi connectivity index (χ0v) is 24.1. The molecular weight excluding hydrogens is 516 g/mol. The van der Waals surface area contributed by atoms with Gasteiger partial charge in [0.05, 0.1) is 7.11 Å². The predicted octanol–water partition coefficient (Wildman–Crippen LogP) is 3.78. The molecule has 2 rings (SSSR count). The van der Waals surface area contributed by atoms with Gasteiger partial charge >= 0.3 is 6.09 Å². The summed E-state index contributed by atoms with van der Waals surface area (Å²) < 4.78 is 10.5. The molecule has 5 N–H and O–H groups in total. The highest BCUT2D eigenvalue weighted by atomic mass is 16.6. The van der Waals surface area contributed by atoms with E-state index in [1.54, 1.807) is 84.0 Å². The van der Waals surface area contributed by atoms with E-state index >= 15 is 0 Å². The van der Waals surface area contributed by atoms with Gasteiger partial charge in [-0.05, 0) is 77.8 Å². The van der Waals surface area contributed by atoms with Crippen LogP contribution in [0, 0.1) is 6.92 Å². The number of carbonyl (C=O) groups is 4. The van der Waals surface area contributed by atoms with Crippen molar-refractivity contribution in [1.29, 1.82) is 0 Å². The van der Waals surface area contributed by atoms with Gasteiger partial charge in [0.25, 0.3) is 5.91 Å². The predicted molar refractivity (Wildman–Crippen MR) is 151 cm³/mol. The molecule has 0 aliphatic carbocycles. The van der Waals surface area contributed by atoms with E-state index < -0.39 is 47.5 Å². The highest BCUT2D eigenvalue weighted by molar-refractivity contribution is 5.99. The van der Waals surface area contributed by atoms with E-state index in [4.69, 9.17) is 15.2 Å². The Balaban J connectivity index is 2.57. The maximum Gasteiger partial charge on any atom is 0.408 e. The zero-order valence-electron chi connectivity index (χ0n) is 24.1. The van der Waals surface area contributed by atoms with E-state index in [1.165, 1.54) is 12.0 Å². The lowest BCUT2D eigenvalue weighted by Crippen LogP contribution is -2.54. The Kier molecular flexibility index (Phi) is 10.9. The molecule has 2 atom stereocenters. The van der Waals surface area contributed by atoms with Gasteiger partial charge in [0.2, 0.25) is 11.8 Å².